The Labute approximate surface area is 122 Å². The Balaban J connectivity index is 2.62. The summed E-state index contributed by atoms with van der Waals surface area (Å²) in [4.78, 5) is 22.4. The molecule has 0 unspecified atom stereocenters. The molecule has 1 aromatic rings. The first-order valence-electron chi connectivity index (χ1n) is 6.35. The van der Waals surface area contributed by atoms with Crippen LogP contribution in [0.1, 0.15) is 36.7 Å². The van der Waals surface area contributed by atoms with E-state index in [0.29, 0.717) is 5.56 Å². The summed E-state index contributed by atoms with van der Waals surface area (Å²) in [6.07, 6.45) is 2.49. The van der Waals surface area contributed by atoms with Gasteiger partial charge in [0.05, 0.1) is 5.56 Å². The molecule has 5 nitrogen and oxygen atoms in total. The lowest BCUT2D eigenvalue weighted by Crippen LogP contribution is -2.32. The molecule has 21 heavy (non-hydrogen) atoms. The van der Waals surface area contributed by atoms with Gasteiger partial charge >= 0.3 is 12.1 Å². The van der Waals surface area contributed by atoms with Gasteiger partial charge in [-0.1, -0.05) is 18.2 Å². The molecular formula is C15H18FNO4. The maximum atomic E-state index is 13.0. The molecule has 1 amide bonds. The van der Waals surface area contributed by atoms with Crippen molar-refractivity contribution in [2.75, 3.05) is 6.54 Å². The maximum absolute atomic E-state index is 13.0. The monoisotopic (exact) mass is 295 g/mol. The minimum absolute atomic E-state index is 0.136. The van der Waals surface area contributed by atoms with Crippen molar-refractivity contribution in [2.24, 2.45) is 0 Å². The molecule has 0 spiro atoms. The lowest BCUT2D eigenvalue weighted by Gasteiger charge is -2.19. The second-order valence-electron chi connectivity index (χ2n) is 5.32. The molecule has 114 valence electrons. The molecule has 0 aliphatic heterocycles. The molecule has 0 saturated heterocycles. The summed E-state index contributed by atoms with van der Waals surface area (Å²) < 4.78 is 18.0. The van der Waals surface area contributed by atoms with Crippen LogP contribution in [0.2, 0.25) is 0 Å². The van der Waals surface area contributed by atoms with Gasteiger partial charge in [-0.15, -0.1) is 0 Å². The van der Waals surface area contributed by atoms with Crippen molar-refractivity contribution in [3.8, 4) is 0 Å². The fraction of sp³-hybridized carbons (Fsp3) is 0.333. The number of carboxylic acid groups (broad SMARTS) is 1. The first-order chi connectivity index (χ1) is 9.69. The van der Waals surface area contributed by atoms with Crippen LogP contribution in [0.15, 0.2) is 24.3 Å². The van der Waals surface area contributed by atoms with Gasteiger partial charge in [-0.3, -0.25) is 0 Å². The lowest BCUT2D eigenvalue weighted by molar-refractivity contribution is 0.0533. The lowest BCUT2D eigenvalue weighted by atomic mass is 10.1. The van der Waals surface area contributed by atoms with Gasteiger partial charge in [0.1, 0.15) is 11.4 Å². The van der Waals surface area contributed by atoms with Crippen LogP contribution < -0.4 is 5.32 Å². The number of aromatic carboxylic acids is 1. The largest absolute Gasteiger partial charge is 0.478 e. The van der Waals surface area contributed by atoms with Crippen molar-refractivity contribution in [2.45, 2.75) is 26.4 Å². The van der Waals surface area contributed by atoms with Gasteiger partial charge in [-0.2, -0.15) is 0 Å². The Hall–Kier alpha value is -2.37. The number of carbonyl (C=O) groups is 2. The van der Waals surface area contributed by atoms with Crippen molar-refractivity contribution < 1.29 is 23.8 Å². The van der Waals surface area contributed by atoms with E-state index in [9.17, 15) is 14.0 Å². The summed E-state index contributed by atoms with van der Waals surface area (Å²) in [5, 5.41) is 11.5. The van der Waals surface area contributed by atoms with Gasteiger partial charge in [0.15, 0.2) is 0 Å². The molecule has 0 heterocycles. The van der Waals surface area contributed by atoms with E-state index in [1.54, 1.807) is 26.8 Å². The Morgan fingerprint density at radius 2 is 2.05 bits per heavy atom. The molecular weight excluding hydrogens is 277 g/mol. The maximum Gasteiger partial charge on any atom is 0.407 e. The number of nitrogens with one attached hydrogen (secondary N) is 1. The van der Waals surface area contributed by atoms with Crippen LogP contribution >= 0.6 is 0 Å². The van der Waals surface area contributed by atoms with Gasteiger partial charge in [0.2, 0.25) is 0 Å². The molecule has 0 aliphatic rings. The number of amides is 1. The van der Waals surface area contributed by atoms with Gasteiger partial charge < -0.3 is 15.2 Å². The zero-order chi connectivity index (χ0) is 16.0. The standard InChI is InChI=1S/C15H18FNO4/c1-15(2,3)21-14(20)17-8-4-5-10-6-7-11(16)9-12(10)13(18)19/h4-7,9H,8H2,1-3H3,(H,17,20)(H,18,19). The third kappa shape index (κ3) is 6.07. The molecule has 0 aromatic heterocycles. The molecule has 0 atom stereocenters. The van der Waals surface area contributed by atoms with E-state index < -0.39 is 23.5 Å². The highest BCUT2D eigenvalue weighted by Gasteiger charge is 2.15. The highest BCUT2D eigenvalue weighted by molar-refractivity contribution is 5.92. The average molecular weight is 295 g/mol. The SMILES string of the molecule is CC(C)(C)OC(=O)NCC=Cc1ccc(F)cc1C(=O)O. The summed E-state index contributed by atoms with van der Waals surface area (Å²) in [7, 11) is 0. The summed E-state index contributed by atoms with van der Waals surface area (Å²) in [5.41, 5.74) is -0.361. The fourth-order valence-corrected chi connectivity index (χ4v) is 1.50. The van der Waals surface area contributed by atoms with E-state index in [-0.39, 0.29) is 12.1 Å². The van der Waals surface area contributed by atoms with Gasteiger partial charge in [0.25, 0.3) is 0 Å². The quantitative estimate of drug-likeness (QED) is 0.895. The smallest absolute Gasteiger partial charge is 0.407 e. The van der Waals surface area contributed by atoms with Gasteiger partial charge in [-0.05, 0) is 38.5 Å². The first-order valence-corrected chi connectivity index (χ1v) is 6.35. The van der Waals surface area contributed by atoms with E-state index in [4.69, 9.17) is 9.84 Å². The van der Waals surface area contributed by atoms with E-state index >= 15 is 0 Å². The van der Waals surface area contributed by atoms with Gasteiger partial charge in [-0.25, -0.2) is 14.0 Å². The average Bonchev–Trinajstić information content (AvgIpc) is 2.33. The van der Waals surface area contributed by atoms with Crippen LogP contribution in [0.4, 0.5) is 9.18 Å². The van der Waals surface area contributed by atoms with Gasteiger partial charge in [0, 0.05) is 6.54 Å². The second-order valence-corrected chi connectivity index (χ2v) is 5.32. The number of rotatable bonds is 4. The minimum atomic E-state index is -1.21. The van der Waals surface area contributed by atoms with Crippen LogP contribution in [0, 0.1) is 5.82 Å². The predicted octanol–water partition coefficient (Wildman–Crippen LogP) is 3.06. The summed E-state index contributed by atoms with van der Waals surface area (Å²) >= 11 is 0. The molecule has 0 fully saturated rings. The molecule has 1 aromatic carbocycles. The van der Waals surface area contributed by atoms with Crippen molar-refractivity contribution in [3.63, 3.8) is 0 Å². The van der Waals surface area contributed by atoms with Crippen molar-refractivity contribution in [3.05, 3.63) is 41.2 Å². The number of carbonyl (C=O) groups excluding carboxylic acids is 1. The molecule has 6 heteroatoms. The molecule has 0 aliphatic carbocycles. The molecule has 0 radical (unpaired) electrons. The molecule has 2 N–H and O–H groups in total. The summed E-state index contributed by atoms with van der Waals surface area (Å²) in [5.74, 6) is -1.83. The third-order valence-corrected chi connectivity index (χ3v) is 2.31. The number of ether oxygens (including phenoxy) is 1. The topological polar surface area (TPSA) is 75.6 Å². The normalized spacial score (nSPS) is 11.4. The molecule has 1 rings (SSSR count). The highest BCUT2D eigenvalue weighted by atomic mass is 19.1. The highest BCUT2D eigenvalue weighted by Crippen LogP contribution is 2.13. The minimum Gasteiger partial charge on any atom is -0.478 e. The Morgan fingerprint density at radius 1 is 1.38 bits per heavy atom. The van der Waals surface area contributed by atoms with Crippen LogP contribution in [0.25, 0.3) is 6.08 Å². The van der Waals surface area contributed by atoms with Crippen LogP contribution in [-0.4, -0.2) is 29.3 Å². The number of carboxylic acids is 1. The van der Waals surface area contributed by atoms with E-state index in [2.05, 4.69) is 5.32 Å². The van der Waals surface area contributed by atoms with E-state index in [0.717, 1.165) is 6.07 Å². The number of alkyl carbamates (subject to hydrolysis) is 1. The fourth-order valence-electron chi connectivity index (χ4n) is 1.50. The summed E-state index contributed by atoms with van der Waals surface area (Å²) in [6, 6.07) is 3.49. The zero-order valence-corrected chi connectivity index (χ0v) is 12.1. The van der Waals surface area contributed by atoms with E-state index in [1.165, 1.54) is 18.2 Å². The summed E-state index contributed by atoms with van der Waals surface area (Å²) in [6.45, 7) is 5.42. The van der Waals surface area contributed by atoms with Crippen molar-refractivity contribution in [1.82, 2.24) is 5.32 Å². The number of benzene rings is 1. The number of hydrogen-bond donors (Lipinski definition) is 2. The third-order valence-electron chi connectivity index (χ3n) is 2.31. The Morgan fingerprint density at radius 3 is 2.62 bits per heavy atom. The predicted molar refractivity (Wildman–Crippen MR) is 76.6 cm³/mol. The van der Waals surface area contributed by atoms with E-state index in [1.807, 2.05) is 0 Å². The van der Waals surface area contributed by atoms with Crippen molar-refractivity contribution >= 4 is 18.1 Å². The number of halogens is 1. The first kappa shape index (κ1) is 16.7. The number of hydrogen-bond acceptors (Lipinski definition) is 3. The zero-order valence-electron chi connectivity index (χ0n) is 12.1. The second kappa shape index (κ2) is 6.88. The van der Waals surface area contributed by atoms with Crippen molar-refractivity contribution in [1.29, 1.82) is 0 Å². The van der Waals surface area contributed by atoms with Crippen LogP contribution in [0.5, 0.6) is 0 Å². The Bertz CT molecular complexity index is 561. The Kier molecular flexibility index (Phi) is 5.46. The molecule has 0 bridgehead atoms. The van der Waals surface area contributed by atoms with Crippen LogP contribution in [-0.2, 0) is 4.74 Å². The van der Waals surface area contributed by atoms with Crippen LogP contribution in [0.3, 0.4) is 0 Å². The molecule has 0 saturated carbocycles.